The Hall–Kier alpha value is -1.96. The van der Waals surface area contributed by atoms with Crippen LogP contribution in [0.25, 0.3) is 0 Å². The second kappa shape index (κ2) is 8.23. The minimum atomic E-state index is -4.73. The third kappa shape index (κ3) is 5.92. The van der Waals surface area contributed by atoms with Crippen molar-refractivity contribution in [2.45, 2.75) is 38.1 Å². The monoisotopic (exact) mass is 345 g/mol. The summed E-state index contributed by atoms with van der Waals surface area (Å²) in [5.41, 5.74) is 6.41. The number of ether oxygens (including phenoxy) is 1. The summed E-state index contributed by atoms with van der Waals surface area (Å²) >= 11 is 0. The van der Waals surface area contributed by atoms with Crippen molar-refractivity contribution in [2.24, 2.45) is 10.7 Å². The molecule has 134 valence electrons. The Morgan fingerprint density at radius 1 is 1.17 bits per heavy atom. The fourth-order valence-corrected chi connectivity index (χ4v) is 2.58. The number of likely N-dealkylation sites (tertiary alicyclic amines) is 1. The maximum absolute atomic E-state index is 12.1. The molecular formula is C16H22F3N3O2. The van der Waals surface area contributed by atoms with Crippen LogP contribution in [-0.2, 0) is 0 Å². The highest BCUT2D eigenvalue weighted by Crippen LogP contribution is 2.24. The quantitative estimate of drug-likeness (QED) is 0.650. The maximum Gasteiger partial charge on any atom is 0.573 e. The zero-order chi connectivity index (χ0) is 17.6. The van der Waals surface area contributed by atoms with Gasteiger partial charge in [-0.15, -0.1) is 13.2 Å². The topological polar surface area (TPSA) is 71.1 Å². The van der Waals surface area contributed by atoms with E-state index >= 15 is 0 Å². The number of nitrogens with two attached hydrogens (primary N) is 1. The average molecular weight is 345 g/mol. The number of hydrogen-bond donors (Lipinski definition) is 2. The van der Waals surface area contributed by atoms with E-state index < -0.39 is 12.5 Å². The Labute approximate surface area is 138 Å². The summed E-state index contributed by atoms with van der Waals surface area (Å²) < 4.78 is 40.1. The lowest BCUT2D eigenvalue weighted by atomic mass is 10.1. The van der Waals surface area contributed by atoms with Crippen LogP contribution in [0.2, 0.25) is 0 Å². The van der Waals surface area contributed by atoms with Crippen LogP contribution in [0.1, 0.15) is 37.4 Å². The van der Waals surface area contributed by atoms with Gasteiger partial charge in [-0.25, -0.2) is 0 Å². The van der Waals surface area contributed by atoms with Gasteiger partial charge in [-0.2, -0.15) is 0 Å². The van der Waals surface area contributed by atoms with E-state index in [1.807, 2.05) is 4.90 Å². The number of benzene rings is 1. The third-order valence-corrected chi connectivity index (χ3v) is 3.85. The van der Waals surface area contributed by atoms with Crippen LogP contribution in [0, 0.1) is 0 Å². The Morgan fingerprint density at radius 2 is 1.75 bits per heavy atom. The lowest BCUT2D eigenvalue weighted by molar-refractivity contribution is -0.274. The number of aliphatic hydroxyl groups is 1. The van der Waals surface area contributed by atoms with E-state index in [1.165, 1.54) is 25.0 Å². The van der Waals surface area contributed by atoms with Crippen molar-refractivity contribution in [3.05, 3.63) is 29.8 Å². The second-order valence-corrected chi connectivity index (χ2v) is 5.73. The Morgan fingerprint density at radius 3 is 2.29 bits per heavy atom. The molecule has 24 heavy (non-hydrogen) atoms. The first kappa shape index (κ1) is 18.4. The van der Waals surface area contributed by atoms with E-state index in [9.17, 15) is 18.3 Å². The van der Waals surface area contributed by atoms with Crippen LogP contribution in [0.5, 0.6) is 5.75 Å². The van der Waals surface area contributed by atoms with Crippen LogP contribution >= 0.6 is 0 Å². The fourth-order valence-electron chi connectivity index (χ4n) is 2.58. The van der Waals surface area contributed by atoms with E-state index in [-0.39, 0.29) is 12.3 Å². The summed E-state index contributed by atoms with van der Waals surface area (Å²) in [6.07, 6.45) is -1.17. The standard InChI is InChI=1S/C16H22F3N3O2/c17-16(18,19)24-13-7-5-12(6-8-13)14(23)11-21-15(20)22-9-3-1-2-4-10-22/h5-8,14,23H,1-4,9-11H2,(H2,20,21). The van der Waals surface area contributed by atoms with Crippen LogP contribution in [-0.4, -0.2) is 42.0 Å². The number of rotatable bonds is 4. The van der Waals surface area contributed by atoms with E-state index in [0.29, 0.717) is 11.5 Å². The molecule has 0 saturated carbocycles. The van der Waals surface area contributed by atoms with E-state index in [4.69, 9.17) is 5.73 Å². The van der Waals surface area contributed by atoms with E-state index in [1.54, 1.807) is 0 Å². The molecule has 0 amide bonds. The zero-order valence-electron chi connectivity index (χ0n) is 13.3. The molecule has 1 heterocycles. The number of alkyl halides is 3. The summed E-state index contributed by atoms with van der Waals surface area (Å²) in [7, 11) is 0. The number of guanidine groups is 1. The van der Waals surface area contributed by atoms with Gasteiger partial charge in [0.05, 0.1) is 12.6 Å². The highest BCUT2D eigenvalue weighted by molar-refractivity contribution is 5.78. The van der Waals surface area contributed by atoms with Gasteiger partial charge >= 0.3 is 6.36 Å². The SMILES string of the molecule is NC(=NCC(O)c1ccc(OC(F)(F)F)cc1)N1CCCCCC1. The fraction of sp³-hybridized carbons (Fsp3) is 0.562. The van der Waals surface area contributed by atoms with E-state index in [0.717, 1.165) is 38.1 Å². The molecule has 1 aliphatic heterocycles. The zero-order valence-corrected chi connectivity index (χ0v) is 13.3. The molecule has 5 nitrogen and oxygen atoms in total. The predicted molar refractivity (Wildman–Crippen MR) is 84.6 cm³/mol. The summed E-state index contributed by atoms with van der Waals surface area (Å²) in [5, 5.41) is 10.1. The number of hydrogen-bond acceptors (Lipinski definition) is 3. The Balaban J connectivity index is 1.91. The molecule has 3 N–H and O–H groups in total. The lowest BCUT2D eigenvalue weighted by Crippen LogP contribution is -2.38. The normalized spacial score (nSPS) is 18.2. The minimum absolute atomic E-state index is 0.0573. The van der Waals surface area contributed by atoms with Crippen LogP contribution in [0.3, 0.4) is 0 Å². The molecule has 0 aliphatic carbocycles. The molecule has 1 aliphatic rings. The summed E-state index contributed by atoms with van der Waals surface area (Å²) in [5.74, 6) is 0.0685. The van der Waals surface area contributed by atoms with Crippen molar-refractivity contribution in [1.82, 2.24) is 4.90 Å². The first-order chi connectivity index (χ1) is 11.3. The van der Waals surface area contributed by atoms with Crippen molar-refractivity contribution in [1.29, 1.82) is 0 Å². The molecule has 0 aromatic heterocycles. The molecule has 0 radical (unpaired) electrons. The van der Waals surface area contributed by atoms with Crippen LogP contribution in [0.15, 0.2) is 29.3 Å². The summed E-state index contributed by atoms with van der Waals surface area (Å²) in [6, 6.07) is 5.08. The second-order valence-electron chi connectivity index (χ2n) is 5.73. The smallest absolute Gasteiger partial charge is 0.406 e. The molecule has 0 bridgehead atoms. The number of aliphatic hydroxyl groups excluding tert-OH is 1. The third-order valence-electron chi connectivity index (χ3n) is 3.85. The first-order valence-corrected chi connectivity index (χ1v) is 7.94. The Kier molecular flexibility index (Phi) is 6.30. The maximum atomic E-state index is 12.1. The lowest BCUT2D eigenvalue weighted by Gasteiger charge is -2.21. The molecular weight excluding hydrogens is 323 g/mol. The summed E-state index contributed by atoms with van der Waals surface area (Å²) in [6.45, 7) is 1.77. The van der Waals surface area contributed by atoms with Crippen molar-refractivity contribution in [2.75, 3.05) is 19.6 Å². The van der Waals surface area contributed by atoms with Gasteiger partial charge < -0.3 is 20.5 Å². The molecule has 1 aromatic rings. The van der Waals surface area contributed by atoms with Gasteiger partial charge in [0, 0.05) is 13.1 Å². The van der Waals surface area contributed by atoms with Gasteiger partial charge in [-0.1, -0.05) is 25.0 Å². The minimum Gasteiger partial charge on any atom is -0.406 e. The number of nitrogens with zero attached hydrogens (tertiary/aromatic N) is 2. The molecule has 1 saturated heterocycles. The Bertz CT molecular complexity index is 538. The molecule has 2 rings (SSSR count). The van der Waals surface area contributed by atoms with Gasteiger partial charge in [0.15, 0.2) is 5.96 Å². The summed E-state index contributed by atoms with van der Waals surface area (Å²) in [4.78, 5) is 6.21. The van der Waals surface area contributed by atoms with Gasteiger partial charge in [-0.3, -0.25) is 4.99 Å². The van der Waals surface area contributed by atoms with E-state index in [2.05, 4.69) is 9.73 Å². The average Bonchev–Trinajstić information content (AvgIpc) is 2.80. The van der Waals surface area contributed by atoms with Crippen molar-refractivity contribution < 1.29 is 23.0 Å². The highest BCUT2D eigenvalue weighted by atomic mass is 19.4. The van der Waals surface area contributed by atoms with Gasteiger partial charge in [0.25, 0.3) is 0 Å². The van der Waals surface area contributed by atoms with Crippen molar-refractivity contribution in [3.63, 3.8) is 0 Å². The highest BCUT2D eigenvalue weighted by Gasteiger charge is 2.31. The van der Waals surface area contributed by atoms with Gasteiger partial charge in [-0.05, 0) is 30.5 Å². The largest absolute Gasteiger partial charge is 0.573 e. The molecule has 0 spiro atoms. The molecule has 1 fully saturated rings. The first-order valence-electron chi connectivity index (χ1n) is 7.94. The molecule has 1 atom stereocenters. The van der Waals surface area contributed by atoms with Crippen molar-refractivity contribution >= 4 is 5.96 Å². The molecule has 8 heteroatoms. The van der Waals surface area contributed by atoms with Crippen molar-refractivity contribution in [3.8, 4) is 5.75 Å². The van der Waals surface area contributed by atoms with Crippen LogP contribution in [0.4, 0.5) is 13.2 Å². The molecule has 1 unspecified atom stereocenters. The number of halogens is 3. The van der Waals surface area contributed by atoms with Crippen LogP contribution < -0.4 is 10.5 Å². The van der Waals surface area contributed by atoms with Gasteiger partial charge in [0.2, 0.25) is 0 Å². The van der Waals surface area contributed by atoms with Gasteiger partial charge in [0.1, 0.15) is 5.75 Å². The number of aliphatic imine (C=N–C) groups is 1. The molecule has 1 aromatic carbocycles. The predicted octanol–water partition coefficient (Wildman–Crippen LogP) is 2.81.